The Labute approximate surface area is 155 Å². The number of thiophene rings is 1. The van der Waals surface area contributed by atoms with Gasteiger partial charge in [-0.15, -0.1) is 11.3 Å². The van der Waals surface area contributed by atoms with Crippen molar-refractivity contribution in [3.8, 4) is 5.75 Å². The molecule has 1 fully saturated rings. The van der Waals surface area contributed by atoms with E-state index in [1.54, 1.807) is 17.4 Å². The lowest BCUT2D eigenvalue weighted by Gasteiger charge is -2.35. The number of piperazine rings is 1. The largest absolute Gasteiger partial charge is 0.467 e. The van der Waals surface area contributed by atoms with Gasteiger partial charge >= 0.3 is 0 Å². The smallest absolute Gasteiger partial charge is 0.189 e. The summed E-state index contributed by atoms with van der Waals surface area (Å²) >= 11 is 7.64. The minimum absolute atomic E-state index is 0.226. The lowest BCUT2D eigenvalue weighted by atomic mass is 10.1. The Hall–Kier alpha value is -1.18. The van der Waals surface area contributed by atoms with Gasteiger partial charge in [-0.3, -0.25) is 9.80 Å². The summed E-state index contributed by atoms with van der Waals surface area (Å²) in [5.74, 6) is 0.569. The van der Waals surface area contributed by atoms with E-state index >= 15 is 0 Å². The number of rotatable bonds is 4. The van der Waals surface area contributed by atoms with E-state index in [1.807, 2.05) is 6.07 Å². The van der Waals surface area contributed by atoms with Gasteiger partial charge in [-0.2, -0.15) is 0 Å². The highest BCUT2D eigenvalue weighted by Gasteiger charge is 2.22. The maximum Gasteiger partial charge on any atom is 0.189 e. The minimum atomic E-state index is -0.226. The first-order chi connectivity index (χ1) is 12.2. The van der Waals surface area contributed by atoms with Gasteiger partial charge in [0.1, 0.15) is 11.6 Å². The molecule has 4 rings (SSSR count). The van der Waals surface area contributed by atoms with Crippen molar-refractivity contribution in [3.05, 3.63) is 50.4 Å². The van der Waals surface area contributed by atoms with Crippen LogP contribution in [-0.4, -0.2) is 42.8 Å². The summed E-state index contributed by atoms with van der Waals surface area (Å²) in [5.41, 5.74) is 1.71. The molecule has 1 aromatic carbocycles. The summed E-state index contributed by atoms with van der Waals surface area (Å²) in [6.07, 6.45) is 0. The second kappa shape index (κ2) is 7.60. The normalized spacial score (nSPS) is 18.8. The summed E-state index contributed by atoms with van der Waals surface area (Å²) < 4.78 is 25.6. The van der Waals surface area contributed by atoms with Crippen LogP contribution in [0.5, 0.6) is 5.75 Å². The van der Waals surface area contributed by atoms with E-state index < -0.39 is 0 Å². The highest BCUT2D eigenvalue weighted by molar-refractivity contribution is 7.16. The highest BCUT2D eigenvalue weighted by Crippen LogP contribution is 2.30. The molecule has 0 radical (unpaired) electrons. The van der Waals surface area contributed by atoms with E-state index in [-0.39, 0.29) is 12.6 Å². The second-order valence-electron chi connectivity index (χ2n) is 6.42. The number of benzene rings is 1. The molecule has 1 aromatic heterocycles. The zero-order valence-electron chi connectivity index (χ0n) is 13.8. The summed E-state index contributed by atoms with van der Waals surface area (Å²) in [6, 6.07) is 7.14. The van der Waals surface area contributed by atoms with Gasteiger partial charge in [0.2, 0.25) is 0 Å². The third-order valence-corrected chi connectivity index (χ3v) is 5.83. The van der Waals surface area contributed by atoms with Crippen LogP contribution >= 0.6 is 22.9 Å². The molecule has 0 bridgehead atoms. The molecular formula is C18H20ClFN2O2S. The molecule has 0 atom stereocenters. The van der Waals surface area contributed by atoms with Gasteiger partial charge < -0.3 is 9.47 Å². The van der Waals surface area contributed by atoms with Crippen molar-refractivity contribution in [2.45, 2.75) is 19.7 Å². The molecule has 1 saturated heterocycles. The van der Waals surface area contributed by atoms with Gasteiger partial charge in [-0.25, -0.2) is 4.39 Å². The van der Waals surface area contributed by atoms with Crippen molar-refractivity contribution in [2.24, 2.45) is 0 Å². The molecule has 134 valence electrons. The number of nitrogens with zero attached hydrogens (tertiary/aromatic N) is 2. The quantitative estimate of drug-likeness (QED) is 0.804. The van der Waals surface area contributed by atoms with Crippen LogP contribution in [0.25, 0.3) is 0 Å². The van der Waals surface area contributed by atoms with Crippen molar-refractivity contribution in [1.82, 2.24) is 9.80 Å². The first-order valence-corrected chi connectivity index (χ1v) is 9.57. The Morgan fingerprint density at radius 3 is 2.56 bits per heavy atom. The third kappa shape index (κ3) is 4.15. The first-order valence-electron chi connectivity index (χ1n) is 8.38. The molecule has 4 nitrogen and oxygen atoms in total. The van der Waals surface area contributed by atoms with E-state index in [0.29, 0.717) is 13.2 Å². The topological polar surface area (TPSA) is 24.9 Å². The minimum Gasteiger partial charge on any atom is -0.467 e. The van der Waals surface area contributed by atoms with Crippen LogP contribution < -0.4 is 4.74 Å². The molecular weight excluding hydrogens is 363 g/mol. The monoisotopic (exact) mass is 382 g/mol. The Balaban J connectivity index is 1.36. The maximum atomic E-state index is 13.9. The predicted octanol–water partition coefficient (Wildman–Crippen LogP) is 3.72. The molecule has 0 saturated carbocycles. The molecule has 2 aliphatic heterocycles. The average molecular weight is 383 g/mol. The molecule has 25 heavy (non-hydrogen) atoms. The van der Waals surface area contributed by atoms with Gasteiger partial charge in [0, 0.05) is 55.3 Å². The number of hydrogen-bond acceptors (Lipinski definition) is 5. The number of ether oxygens (including phenoxy) is 2. The van der Waals surface area contributed by atoms with E-state index in [0.717, 1.165) is 53.9 Å². The first kappa shape index (κ1) is 17.2. The third-order valence-electron chi connectivity index (χ3n) is 4.62. The molecule has 0 unspecified atom stereocenters. The fourth-order valence-electron chi connectivity index (χ4n) is 3.38. The highest BCUT2D eigenvalue weighted by atomic mass is 35.5. The maximum absolute atomic E-state index is 13.9. The van der Waals surface area contributed by atoms with Crippen molar-refractivity contribution < 1.29 is 13.9 Å². The molecule has 3 heterocycles. The summed E-state index contributed by atoms with van der Waals surface area (Å²) in [6.45, 7) is 6.22. The fraction of sp³-hybridized carbons (Fsp3) is 0.444. The number of halogens is 2. The van der Waals surface area contributed by atoms with E-state index in [1.165, 1.54) is 10.9 Å². The van der Waals surface area contributed by atoms with E-state index in [4.69, 9.17) is 21.1 Å². The van der Waals surface area contributed by atoms with Crippen LogP contribution in [0, 0.1) is 5.82 Å². The Kier molecular flexibility index (Phi) is 5.24. The Bertz CT molecular complexity index is 747. The molecule has 0 amide bonds. The van der Waals surface area contributed by atoms with Gasteiger partial charge in [-0.05, 0) is 24.3 Å². The summed E-state index contributed by atoms with van der Waals surface area (Å²) in [5, 5.41) is 0. The zero-order valence-corrected chi connectivity index (χ0v) is 15.4. The molecule has 2 aromatic rings. The number of hydrogen-bond donors (Lipinski definition) is 0. The summed E-state index contributed by atoms with van der Waals surface area (Å²) in [4.78, 5) is 6.08. The Morgan fingerprint density at radius 1 is 1.08 bits per heavy atom. The second-order valence-corrected chi connectivity index (χ2v) is 8.22. The molecule has 2 aliphatic rings. The predicted molar refractivity (Wildman–Crippen MR) is 96.6 cm³/mol. The van der Waals surface area contributed by atoms with Gasteiger partial charge in [0.25, 0.3) is 0 Å². The van der Waals surface area contributed by atoms with Crippen LogP contribution in [-0.2, 0) is 24.4 Å². The van der Waals surface area contributed by atoms with Crippen LogP contribution in [0.3, 0.4) is 0 Å². The zero-order chi connectivity index (χ0) is 17.2. The fourth-order valence-corrected chi connectivity index (χ4v) is 4.51. The van der Waals surface area contributed by atoms with Crippen LogP contribution in [0.1, 0.15) is 16.0 Å². The molecule has 0 N–H and O–H groups in total. The van der Waals surface area contributed by atoms with Crippen molar-refractivity contribution in [3.63, 3.8) is 0 Å². The van der Waals surface area contributed by atoms with Gasteiger partial charge in [-0.1, -0.05) is 11.6 Å². The van der Waals surface area contributed by atoms with Gasteiger partial charge in [0.15, 0.2) is 6.79 Å². The van der Waals surface area contributed by atoms with Crippen LogP contribution in [0.2, 0.25) is 4.34 Å². The van der Waals surface area contributed by atoms with Crippen molar-refractivity contribution in [1.29, 1.82) is 0 Å². The van der Waals surface area contributed by atoms with Crippen molar-refractivity contribution in [2.75, 3.05) is 33.0 Å². The number of fused-ring (bicyclic) bond motifs is 1. The van der Waals surface area contributed by atoms with Crippen LogP contribution in [0.15, 0.2) is 24.3 Å². The van der Waals surface area contributed by atoms with Crippen molar-refractivity contribution >= 4 is 22.9 Å². The lowest BCUT2D eigenvalue weighted by Crippen LogP contribution is -2.45. The average Bonchev–Trinajstić information content (AvgIpc) is 3.01. The molecule has 7 heteroatoms. The molecule has 0 aliphatic carbocycles. The standard InChI is InChI=1S/C18H20ClFN2O2S/c19-17-2-1-16(25-17)10-22-5-3-21(4-6-22)9-13-7-15(20)8-14-11-23-12-24-18(13)14/h1-2,7-8H,3-6,9-12H2. The van der Waals surface area contributed by atoms with Gasteiger partial charge in [0.05, 0.1) is 10.9 Å². The molecule has 0 spiro atoms. The lowest BCUT2D eigenvalue weighted by molar-refractivity contribution is -0.0179. The summed E-state index contributed by atoms with van der Waals surface area (Å²) in [7, 11) is 0. The van der Waals surface area contributed by atoms with E-state index in [9.17, 15) is 4.39 Å². The van der Waals surface area contributed by atoms with E-state index in [2.05, 4.69) is 15.9 Å². The Morgan fingerprint density at radius 2 is 1.84 bits per heavy atom. The van der Waals surface area contributed by atoms with Crippen LogP contribution in [0.4, 0.5) is 4.39 Å². The SMILES string of the molecule is Fc1cc2c(c(CN3CCN(Cc4ccc(Cl)s4)CC3)c1)OCOC2.